The molecule has 0 aliphatic carbocycles. The van der Waals surface area contributed by atoms with Gasteiger partial charge in [0.05, 0.1) is 12.8 Å². The molecular weight excluding hydrogens is 156 g/mol. The maximum absolute atomic E-state index is 5.96. The van der Waals surface area contributed by atoms with Crippen molar-refractivity contribution in [2.75, 3.05) is 13.2 Å². The van der Waals surface area contributed by atoms with Crippen molar-refractivity contribution in [3.63, 3.8) is 0 Å². The quantitative estimate of drug-likeness (QED) is 0.706. The van der Waals surface area contributed by atoms with Crippen LogP contribution in [0, 0.1) is 5.92 Å². The van der Waals surface area contributed by atoms with Gasteiger partial charge < -0.3 is 15.0 Å². The third-order valence-electron chi connectivity index (χ3n) is 2.31. The summed E-state index contributed by atoms with van der Waals surface area (Å²) in [7, 11) is 0. The minimum Gasteiger partial charge on any atom is -0.381 e. The maximum atomic E-state index is 5.96. The molecule has 66 valence electrons. The van der Waals surface area contributed by atoms with E-state index in [2.05, 4.69) is 5.16 Å². The molecule has 4 nitrogen and oxygen atoms in total. The second-order valence-corrected chi connectivity index (χ2v) is 3.11. The van der Waals surface area contributed by atoms with Crippen LogP contribution < -0.4 is 5.73 Å². The lowest BCUT2D eigenvalue weighted by molar-refractivity contribution is 0.181. The van der Waals surface area contributed by atoms with Gasteiger partial charge in [-0.2, -0.15) is 0 Å². The third kappa shape index (κ3) is 1.35. The molecule has 0 spiro atoms. The molecule has 4 heteroatoms. The number of rotatable bonds is 2. The Bertz CT molecular complexity index is 229. The van der Waals surface area contributed by atoms with Crippen LogP contribution in [-0.2, 0) is 4.74 Å². The molecule has 1 saturated heterocycles. The molecule has 1 aromatic rings. The van der Waals surface area contributed by atoms with Crippen molar-refractivity contribution in [3.8, 4) is 0 Å². The Morgan fingerprint density at radius 3 is 3.17 bits per heavy atom. The Labute approximate surface area is 70.7 Å². The Morgan fingerprint density at radius 1 is 1.67 bits per heavy atom. The molecule has 1 aliphatic rings. The lowest BCUT2D eigenvalue weighted by Crippen LogP contribution is -2.20. The van der Waals surface area contributed by atoms with E-state index in [1.165, 1.54) is 0 Å². The summed E-state index contributed by atoms with van der Waals surface area (Å²) in [6.45, 7) is 1.58. The van der Waals surface area contributed by atoms with Gasteiger partial charge in [-0.05, 0) is 6.42 Å². The summed E-state index contributed by atoms with van der Waals surface area (Å²) in [5.41, 5.74) is 6.93. The molecule has 0 saturated carbocycles. The van der Waals surface area contributed by atoms with E-state index in [-0.39, 0.29) is 6.04 Å². The zero-order chi connectivity index (χ0) is 8.39. The smallest absolute Gasteiger partial charge is 0.128 e. The predicted molar refractivity (Wildman–Crippen MR) is 42.4 cm³/mol. The van der Waals surface area contributed by atoms with Crippen molar-refractivity contribution < 1.29 is 9.26 Å². The second kappa shape index (κ2) is 3.25. The van der Waals surface area contributed by atoms with Gasteiger partial charge in [0, 0.05) is 24.1 Å². The third-order valence-corrected chi connectivity index (χ3v) is 2.31. The summed E-state index contributed by atoms with van der Waals surface area (Å²) in [6.07, 6.45) is 4.30. The Hall–Kier alpha value is -0.870. The lowest BCUT2D eigenvalue weighted by Gasteiger charge is -2.14. The van der Waals surface area contributed by atoms with E-state index in [4.69, 9.17) is 15.0 Å². The lowest BCUT2D eigenvalue weighted by atomic mass is 9.96. The van der Waals surface area contributed by atoms with E-state index in [9.17, 15) is 0 Å². The first-order valence-corrected chi connectivity index (χ1v) is 4.10. The first kappa shape index (κ1) is 7.76. The van der Waals surface area contributed by atoms with Crippen molar-refractivity contribution >= 4 is 0 Å². The minimum absolute atomic E-state index is 0.0127. The van der Waals surface area contributed by atoms with Gasteiger partial charge in [-0.3, -0.25) is 0 Å². The number of ether oxygens (including phenoxy) is 1. The molecule has 0 aromatic carbocycles. The van der Waals surface area contributed by atoms with Crippen LogP contribution >= 0.6 is 0 Å². The van der Waals surface area contributed by atoms with E-state index < -0.39 is 0 Å². The first-order valence-electron chi connectivity index (χ1n) is 4.10. The van der Waals surface area contributed by atoms with Crippen molar-refractivity contribution in [1.29, 1.82) is 0 Å². The topological polar surface area (TPSA) is 61.3 Å². The highest BCUT2D eigenvalue weighted by molar-refractivity contribution is 5.08. The fourth-order valence-electron chi connectivity index (χ4n) is 1.49. The summed E-state index contributed by atoms with van der Waals surface area (Å²) in [5.74, 6) is 0.421. The highest BCUT2D eigenvalue weighted by Crippen LogP contribution is 2.25. The first-order chi connectivity index (χ1) is 5.88. The second-order valence-electron chi connectivity index (χ2n) is 3.11. The van der Waals surface area contributed by atoms with Crippen LogP contribution in [0.15, 0.2) is 17.0 Å². The summed E-state index contributed by atoms with van der Waals surface area (Å²) in [4.78, 5) is 0. The molecule has 2 N–H and O–H groups in total. The minimum atomic E-state index is 0.0127. The van der Waals surface area contributed by atoms with Gasteiger partial charge in [-0.15, -0.1) is 0 Å². The average Bonchev–Trinajstić information content (AvgIpc) is 2.77. The molecule has 2 heterocycles. The van der Waals surface area contributed by atoms with E-state index in [0.29, 0.717) is 5.92 Å². The van der Waals surface area contributed by atoms with Crippen LogP contribution in [0.4, 0.5) is 0 Å². The van der Waals surface area contributed by atoms with Crippen LogP contribution in [0.25, 0.3) is 0 Å². The molecule has 2 rings (SSSR count). The van der Waals surface area contributed by atoms with E-state index in [0.717, 1.165) is 25.2 Å². The highest BCUT2D eigenvalue weighted by atomic mass is 16.5. The molecule has 2 atom stereocenters. The Morgan fingerprint density at radius 2 is 2.58 bits per heavy atom. The van der Waals surface area contributed by atoms with E-state index in [1.807, 2.05) is 0 Å². The molecule has 0 radical (unpaired) electrons. The maximum Gasteiger partial charge on any atom is 0.128 e. The van der Waals surface area contributed by atoms with Crippen LogP contribution in [0.3, 0.4) is 0 Å². The van der Waals surface area contributed by atoms with Crippen LogP contribution in [0.1, 0.15) is 18.0 Å². The van der Waals surface area contributed by atoms with Crippen molar-refractivity contribution in [3.05, 3.63) is 18.0 Å². The molecule has 12 heavy (non-hydrogen) atoms. The molecule has 0 bridgehead atoms. The fraction of sp³-hybridized carbons (Fsp3) is 0.625. The zero-order valence-electron chi connectivity index (χ0n) is 6.77. The summed E-state index contributed by atoms with van der Waals surface area (Å²) in [6, 6.07) is 0.0127. The largest absolute Gasteiger partial charge is 0.381 e. The predicted octanol–water partition coefficient (Wildman–Crippen LogP) is 0.711. The Kier molecular flexibility index (Phi) is 2.10. The van der Waals surface area contributed by atoms with Gasteiger partial charge in [0.25, 0.3) is 0 Å². The van der Waals surface area contributed by atoms with Crippen molar-refractivity contribution in [2.24, 2.45) is 11.7 Å². The highest BCUT2D eigenvalue weighted by Gasteiger charge is 2.24. The van der Waals surface area contributed by atoms with Crippen molar-refractivity contribution in [1.82, 2.24) is 5.16 Å². The van der Waals surface area contributed by atoms with Crippen LogP contribution in [-0.4, -0.2) is 18.4 Å². The van der Waals surface area contributed by atoms with Crippen LogP contribution in [0.2, 0.25) is 0 Å². The van der Waals surface area contributed by atoms with Gasteiger partial charge in [-0.25, -0.2) is 0 Å². The van der Waals surface area contributed by atoms with E-state index in [1.54, 1.807) is 12.5 Å². The van der Waals surface area contributed by atoms with Gasteiger partial charge in [0.15, 0.2) is 0 Å². The summed E-state index contributed by atoms with van der Waals surface area (Å²) in [5, 5.41) is 3.62. The number of nitrogens with two attached hydrogens (primary N) is 1. The normalized spacial score (nSPS) is 25.9. The fourth-order valence-corrected chi connectivity index (χ4v) is 1.49. The molecule has 1 aromatic heterocycles. The number of hydrogen-bond donors (Lipinski definition) is 1. The Balaban J connectivity index is 2.04. The standard InChI is InChI=1S/C8H12N2O2/c9-8(6-1-2-11-4-6)7-3-10-12-5-7/h3,5-6,8H,1-2,4,9H2. The van der Waals surface area contributed by atoms with Gasteiger partial charge in [-0.1, -0.05) is 5.16 Å². The molecular formula is C8H12N2O2. The summed E-state index contributed by atoms with van der Waals surface area (Å²) >= 11 is 0. The number of nitrogens with zero attached hydrogens (tertiary/aromatic N) is 1. The average molecular weight is 168 g/mol. The number of aromatic nitrogens is 1. The van der Waals surface area contributed by atoms with Crippen molar-refractivity contribution in [2.45, 2.75) is 12.5 Å². The van der Waals surface area contributed by atoms with Gasteiger partial charge in [0.1, 0.15) is 6.26 Å². The summed E-state index contributed by atoms with van der Waals surface area (Å²) < 4.78 is 9.97. The molecule has 0 amide bonds. The zero-order valence-corrected chi connectivity index (χ0v) is 6.77. The molecule has 2 unspecified atom stereocenters. The SMILES string of the molecule is NC(c1cnoc1)C1CCOC1. The number of hydrogen-bond acceptors (Lipinski definition) is 4. The van der Waals surface area contributed by atoms with Crippen LogP contribution in [0.5, 0.6) is 0 Å². The molecule has 1 fully saturated rings. The van der Waals surface area contributed by atoms with Gasteiger partial charge in [0.2, 0.25) is 0 Å². The molecule has 1 aliphatic heterocycles. The van der Waals surface area contributed by atoms with E-state index >= 15 is 0 Å². The monoisotopic (exact) mass is 168 g/mol. The van der Waals surface area contributed by atoms with Gasteiger partial charge >= 0.3 is 0 Å².